The summed E-state index contributed by atoms with van der Waals surface area (Å²) in [6.07, 6.45) is 3.19. The molecule has 4 N–H and O–H groups in total. The Labute approximate surface area is 166 Å². The lowest BCUT2D eigenvalue weighted by molar-refractivity contribution is -0.148. The van der Waals surface area contributed by atoms with Gasteiger partial charge in [0.2, 0.25) is 5.91 Å². The minimum absolute atomic E-state index is 0.0749. The molecule has 2 aliphatic rings. The van der Waals surface area contributed by atoms with E-state index in [4.69, 9.17) is 5.73 Å². The molecule has 6 nitrogen and oxygen atoms in total. The van der Waals surface area contributed by atoms with Crippen LogP contribution in [0, 0.1) is 23.7 Å². The fourth-order valence-corrected chi connectivity index (χ4v) is 5.92. The van der Waals surface area contributed by atoms with Crippen LogP contribution in [0.5, 0.6) is 0 Å². The predicted molar refractivity (Wildman–Crippen MR) is 106 cm³/mol. The molecule has 0 spiro atoms. The van der Waals surface area contributed by atoms with E-state index in [9.17, 15) is 19.5 Å². The number of fused-ring (bicyclic) bond motifs is 2. The number of rotatable bonds is 6. The number of carboxylic acids is 1. The first-order valence-corrected chi connectivity index (χ1v) is 10.3. The smallest absolute Gasteiger partial charge is 0.307 e. The number of primary amides is 1. The van der Waals surface area contributed by atoms with Gasteiger partial charge in [-0.1, -0.05) is 30.3 Å². The number of nitrogens with one attached hydrogen (secondary N) is 1. The van der Waals surface area contributed by atoms with Gasteiger partial charge in [-0.05, 0) is 42.7 Å². The summed E-state index contributed by atoms with van der Waals surface area (Å²) in [5, 5.41) is 12.8. The molecule has 2 aliphatic carbocycles. The molecule has 1 aromatic carbocycles. The minimum Gasteiger partial charge on any atom is -0.481 e. The Morgan fingerprint density at radius 3 is 2.43 bits per heavy atom. The molecule has 0 radical (unpaired) electrons. The molecule has 2 amide bonds. The summed E-state index contributed by atoms with van der Waals surface area (Å²) in [5.41, 5.74) is 6.88. The number of benzene rings is 1. The maximum Gasteiger partial charge on any atom is 0.307 e. The Hall–Kier alpha value is -2.67. The number of carboxylic acid groups (broad SMARTS) is 1. The van der Waals surface area contributed by atoms with Crippen LogP contribution in [0.3, 0.4) is 0 Å². The van der Waals surface area contributed by atoms with E-state index in [2.05, 4.69) is 5.32 Å². The number of carbonyl (C=O) groups excluding carboxylic acids is 2. The summed E-state index contributed by atoms with van der Waals surface area (Å²) in [4.78, 5) is 37.4. The molecular formula is C21H22N2O4S. The summed E-state index contributed by atoms with van der Waals surface area (Å²) in [7, 11) is 0. The van der Waals surface area contributed by atoms with Crippen molar-refractivity contribution in [2.45, 2.75) is 25.7 Å². The third-order valence-corrected chi connectivity index (χ3v) is 7.06. The number of thiophene rings is 1. The predicted octanol–water partition coefficient (Wildman–Crippen LogP) is 3.12. The van der Waals surface area contributed by atoms with E-state index in [1.54, 1.807) is 6.07 Å². The quantitative estimate of drug-likeness (QED) is 0.694. The summed E-state index contributed by atoms with van der Waals surface area (Å²) >= 11 is 1.32. The van der Waals surface area contributed by atoms with Crippen LogP contribution in [0.15, 0.2) is 36.4 Å². The molecule has 0 aliphatic heterocycles. The van der Waals surface area contributed by atoms with Crippen LogP contribution in [0.25, 0.3) is 0 Å². The molecule has 0 unspecified atom stereocenters. The number of anilines is 1. The molecule has 146 valence electrons. The molecule has 1 aromatic heterocycles. The number of carbonyl (C=O) groups is 3. The van der Waals surface area contributed by atoms with Gasteiger partial charge in [-0.25, -0.2) is 0 Å². The average Bonchev–Trinajstić information content (AvgIpc) is 3.36. The molecule has 2 bridgehead atoms. The Kier molecular flexibility index (Phi) is 4.93. The highest BCUT2D eigenvalue weighted by atomic mass is 32.1. The highest BCUT2D eigenvalue weighted by Gasteiger charge is 2.54. The maximum atomic E-state index is 12.9. The van der Waals surface area contributed by atoms with Gasteiger partial charge in [-0.2, -0.15) is 0 Å². The van der Waals surface area contributed by atoms with Gasteiger partial charge in [0.15, 0.2) is 0 Å². The Bertz CT molecular complexity index is 924. The SMILES string of the molecule is NC(=O)c1cc(Cc2ccccc2)sc1NC(=O)[C@@H]1[C@@H]2CC[C@@H](C2)[C@@H]1C(=O)O. The molecular weight excluding hydrogens is 376 g/mol. The largest absolute Gasteiger partial charge is 0.481 e. The first-order valence-electron chi connectivity index (χ1n) is 9.44. The molecule has 28 heavy (non-hydrogen) atoms. The van der Waals surface area contributed by atoms with Gasteiger partial charge in [0.25, 0.3) is 5.91 Å². The summed E-state index contributed by atoms with van der Waals surface area (Å²) in [5.74, 6) is -2.82. The minimum atomic E-state index is -0.904. The maximum absolute atomic E-state index is 12.9. The van der Waals surface area contributed by atoms with E-state index >= 15 is 0 Å². The van der Waals surface area contributed by atoms with Crippen molar-refractivity contribution in [2.24, 2.45) is 29.4 Å². The number of hydrogen-bond acceptors (Lipinski definition) is 4. The standard InChI is InChI=1S/C21H22N2O4S/c22-18(24)15-10-14(8-11-4-2-1-3-5-11)28-20(15)23-19(25)16-12-6-7-13(9-12)17(16)21(26)27/h1-5,10,12-13,16-17H,6-9H2,(H2,22,24)(H,23,25)(H,26,27)/t12-,13+,16-,17+/m1/s1. The monoisotopic (exact) mass is 398 g/mol. The van der Waals surface area contributed by atoms with E-state index < -0.39 is 23.7 Å². The summed E-state index contributed by atoms with van der Waals surface area (Å²) in [6, 6.07) is 11.5. The van der Waals surface area contributed by atoms with Crippen LogP contribution in [0.2, 0.25) is 0 Å². The summed E-state index contributed by atoms with van der Waals surface area (Å²) < 4.78 is 0. The third-order valence-electron chi connectivity index (χ3n) is 6.01. The second-order valence-electron chi connectivity index (χ2n) is 7.69. The van der Waals surface area contributed by atoms with Crippen molar-refractivity contribution < 1.29 is 19.5 Å². The van der Waals surface area contributed by atoms with E-state index in [1.807, 2.05) is 30.3 Å². The van der Waals surface area contributed by atoms with Crippen molar-refractivity contribution in [1.29, 1.82) is 0 Å². The second kappa shape index (κ2) is 7.39. The number of amides is 2. The molecule has 4 atom stereocenters. The molecule has 0 saturated heterocycles. The van der Waals surface area contributed by atoms with Crippen LogP contribution in [0.1, 0.15) is 40.1 Å². The van der Waals surface area contributed by atoms with Crippen molar-refractivity contribution in [1.82, 2.24) is 0 Å². The zero-order valence-corrected chi connectivity index (χ0v) is 16.1. The number of nitrogens with two attached hydrogens (primary N) is 1. The lowest BCUT2D eigenvalue weighted by atomic mass is 9.79. The van der Waals surface area contributed by atoms with Crippen LogP contribution in [-0.2, 0) is 16.0 Å². The van der Waals surface area contributed by atoms with Gasteiger partial charge in [-0.15, -0.1) is 11.3 Å². The van der Waals surface area contributed by atoms with Crippen LogP contribution in [0.4, 0.5) is 5.00 Å². The normalized spacial score (nSPS) is 25.6. The topological polar surface area (TPSA) is 109 Å². The van der Waals surface area contributed by atoms with Gasteiger partial charge >= 0.3 is 5.97 Å². The van der Waals surface area contributed by atoms with Gasteiger partial charge in [-0.3, -0.25) is 14.4 Å². The molecule has 2 fully saturated rings. The lowest BCUT2D eigenvalue weighted by Crippen LogP contribution is -2.38. The first-order chi connectivity index (χ1) is 13.4. The molecule has 2 saturated carbocycles. The fraction of sp³-hybridized carbons (Fsp3) is 0.381. The van der Waals surface area contributed by atoms with Crippen molar-refractivity contribution >= 4 is 34.1 Å². The number of hydrogen-bond donors (Lipinski definition) is 3. The van der Waals surface area contributed by atoms with Crippen molar-refractivity contribution in [3.63, 3.8) is 0 Å². The van der Waals surface area contributed by atoms with Crippen molar-refractivity contribution in [3.05, 3.63) is 52.4 Å². The summed E-state index contributed by atoms with van der Waals surface area (Å²) in [6.45, 7) is 0. The van der Waals surface area contributed by atoms with Crippen LogP contribution >= 0.6 is 11.3 Å². The van der Waals surface area contributed by atoms with Gasteiger partial charge in [0.1, 0.15) is 5.00 Å². The molecule has 4 rings (SSSR count). The fourth-order valence-electron chi connectivity index (χ4n) is 4.82. The van der Waals surface area contributed by atoms with Gasteiger partial charge < -0.3 is 16.2 Å². The van der Waals surface area contributed by atoms with Gasteiger partial charge in [0.05, 0.1) is 17.4 Å². The van der Waals surface area contributed by atoms with Crippen molar-refractivity contribution in [2.75, 3.05) is 5.32 Å². The van der Waals surface area contributed by atoms with Gasteiger partial charge in [0, 0.05) is 11.3 Å². The average molecular weight is 398 g/mol. The zero-order chi connectivity index (χ0) is 19.8. The molecule has 1 heterocycles. The van der Waals surface area contributed by atoms with Crippen LogP contribution < -0.4 is 11.1 Å². The van der Waals surface area contributed by atoms with E-state index in [0.29, 0.717) is 11.4 Å². The Morgan fingerprint density at radius 1 is 1.11 bits per heavy atom. The third kappa shape index (κ3) is 3.42. The second-order valence-corrected chi connectivity index (χ2v) is 8.83. The zero-order valence-electron chi connectivity index (χ0n) is 15.3. The Balaban J connectivity index is 1.56. The molecule has 2 aromatic rings. The Morgan fingerprint density at radius 2 is 1.79 bits per heavy atom. The number of aliphatic carboxylic acids is 1. The highest BCUT2D eigenvalue weighted by molar-refractivity contribution is 7.16. The molecule has 7 heteroatoms. The lowest BCUT2D eigenvalue weighted by Gasteiger charge is -2.26. The van der Waals surface area contributed by atoms with E-state index in [0.717, 1.165) is 29.7 Å². The first kappa shape index (κ1) is 18.7. The van der Waals surface area contributed by atoms with Crippen molar-refractivity contribution in [3.8, 4) is 0 Å². The van der Waals surface area contributed by atoms with E-state index in [1.165, 1.54) is 11.3 Å². The highest BCUT2D eigenvalue weighted by Crippen LogP contribution is 2.52. The van der Waals surface area contributed by atoms with E-state index in [-0.39, 0.29) is 23.3 Å². The van der Waals surface area contributed by atoms with Crippen LogP contribution in [-0.4, -0.2) is 22.9 Å².